The van der Waals surface area contributed by atoms with Crippen molar-refractivity contribution in [1.82, 2.24) is 5.32 Å². The highest BCUT2D eigenvalue weighted by atomic mass is 79.9. The molecule has 1 rings (SSSR count). The molecule has 0 saturated heterocycles. The van der Waals surface area contributed by atoms with E-state index in [1.165, 1.54) is 0 Å². The molecule has 0 fully saturated rings. The van der Waals surface area contributed by atoms with Gasteiger partial charge in [-0.1, -0.05) is 28.1 Å². The third kappa shape index (κ3) is 6.31. The van der Waals surface area contributed by atoms with Gasteiger partial charge in [0.1, 0.15) is 0 Å². The fourth-order valence-electron chi connectivity index (χ4n) is 1.15. The van der Waals surface area contributed by atoms with Crippen molar-refractivity contribution >= 4 is 21.8 Å². The Bertz CT molecular complexity index is 375. The number of carbonyl (C=O) groups is 1. The van der Waals surface area contributed by atoms with E-state index >= 15 is 0 Å². The number of carbonyl (C=O) groups excluding carboxylic acids is 1. The average molecular weight is 310 g/mol. The number of alkyl halides is 3. The molecule has 1 amide bonds. The lowest BCUT2D eigenvalue weighted by molar-refractivity contribution is -0.144. The van der Waals surface area contributed by atoms with Gasteiger partial charge in [-0.05, 0) is 17.7 Å². The summed E-state index contributed by atoms with van der Waals surface area (Å²) >= 11 is 3.26. The van der Waals surface area contributed by atoms with Crippen LogP contribution in [0.15, 0.2) is 28.7 Å². The highest BCUT2D eigenvalue weighted by Gasteiger charge is 2.27. The SMILES string of the molecule is O=C(CCC(F)(F)F)NCc1ccc(Br)cc1. The highest BCUT2D eigenvalue weighted by Crippen LogP contribution is 2.21. The van der Waals surface area contributed by atoms with Crippen LogP contribution < -0.4 is 5.32 Å². The van der Waals surface area contributed by atoms with Crippen molar-refractivity contribution < 1.29 is 18.0 Å². The van der Waals surface area contributed by atoms with Gasteiger partial charge in [-0.25, -0.2) is 0 Å². The van der Waals surface area contributed by atoms with Gasteiger partial charge in [-0.15, -0.1) is 0 Å². The van der Waals surface area contributed by atoms with E-state index in [2.05, 4.69) is 21.2 Å². The van der Waals surface area contributed by atoms with Crippen molar-refractivity contribution in [3.63, 3.8) is 0 Å². The molecule has 2 nitrogen and oxygen atoms in total. The molecule has 17 heavy (non-hydrogen) atoms. The molecule has 1 aromatic rings. The van der Waals surface area contributed by atoms with Crippen molar-refractivity contribution in [1.29, 1.82) is 0 Å². The van der Waals surface area contributed by atoms with Gasteiger partial charge in [0.25, 0.3) is 0 Å². The lowest BCUT2D eigenvalue weighted by Gasteiger charge is -2.07. The van der Waals surface area contributed by atoms with Crippen LogP contribution in [0.5, 0.6) is 0 Å². The lowest BCUT2D eigenvalue weighted by atomic mass is 10.2. The van der Waals surface area contributed by atoms with E-state index in [1.807, 2.05) is 0 Å². The average Bonchev–Trinajstić information content (AvgIpc) is 2.25. The Morgan fingerprint density at radius 3 is 2.35 bits per heavy atom. The zero-order chi connectivity index (χ0) is 12.9. The van der Waals surface area contributed by atoms with Crippen LogP contribution in [-0.2, 0) is 11.3 Å². The van der Waals surface area contributed by atoms with Crippen LogP contribution in [0.4, 0.5) is 13.2 Å². The lowest BCUT2D eigenvalue weighted by Crippen LogP contribution is -2.24. The van der Waals surface area contributed by atoms with E-state index in [9.17, 15) is 18.0 Å². The Balaban J connectivity index is 2.31. The second kappa shape index (κ2) is 6.05. The molecular weight excluding hydrogens is 299 g/mol. The van der Waals surface area contributed by atoms with E-state index in [0.717, 1.165) is 10.0 Å². The number of nitrogens with one attached hydrogen (secondary N) is 1. The number of rotatable bonds is 4. The minimum atomic E-state index is -4.28. The zero-order valence-corrected chi connectivity index (χ0v) is 10.4. The minimum Gasteiger partial charge on any atom is -0.352 e. The van der Waals surface area contributed by atoms with Crippen molar-refractivity contribution in [2.24, 2.45) is 0 Å². The van der Waals surface area contributed by atoms with E-state index in [0.29, 0.717) is 0 Å². The van der Waals surface area contributed by atoms with Gasteiger partial charge < -0.3 is 5.32 Å². The minimum absolute atomic E-state index is 0.240. The predicted molar refractivity (Wildman–Crippen MR) is 61.3 cm³/mol. The summed E-state index contributed by atoms with van der Waals surface area (Å²) in [5, 5.41) is 2.44. The van der Waals surface area contributed by atoms with Crippen molar-refractivity contribution in [3.8, 4) is 0 Å². The first-order valence-electron chi connectivity index (χ1n) is 4.95. The Morgan fingerprint density at radius 2 is 1.82 bits per heavy atom. The van der Waals surface area contributed by atoms with Gasteiger partial charge in [0.05, 0.1) is 6.42 Å². The molecule has 0 bridgehead atoms. The van der Waals surface area contributed by atoms with Crippen molar-refractivity contribution in [3.05, 3.63) is 34.3 Å². The monoisotopic (exact) mass is 309 g/mol. The molecule has 0 radical (unpaired) electrons. The Kier molecular flexibility index (Phi) is 4.99. The van der Waals surface area contributed by atoms with Crippen LogP contribution >= 0.6 is 15.9 Å². The maximum atomic E-state index is 11.8. The first-order chi connectivity index (χ1) is 7.87. The van der Waals surface area contributed by atoms with Crippen LogP contribution in [0.2, 0.25) is 0 Å². The second-order valence-electron chi connectivity index (χ2n) is 3.52. The van der Waals surface area contributed by atoms with Crippen LogP contribution in [0.3, 0.4) is 0 Å². The van der Waals surface area contributed by atoms with Gasteiger partial charge in [0.15, 0.2) is 0 Å². The van der Waals surface area contributed by atoms with Gasteiger partial charge >= 0.3 is 6.18 Å². The Morgan fingerprint density at radius 1 is 1.24 bits per heavy atom. The molecule has 0 unspecified atom stereocenters. The smallest absolute Gasteiger partial charge is 0.352 e. The quantitative estimate of drug-likeness (QED) is 0.907. The largest absolute Gasteiger partial charge is 0.389 e. The van der Waals surface area contributed by atoms with Crippen LogP contribution in [-0.4, -0.2) is 12.1 Å². The fourth-order valence-corrected chi connectivity index (χ4v) is 1.41. The molecule has 0 heterocycles. The zero-order valence-electron chi connectivity index (χ0n) is 8.85. The van der Waals surface area contributed by atoms with Crippen molar-refractivity contribution in [2.45, 2.75) is 25.6 Å². The Hall–Kier alpha value is -1.04. The molecule has 0 spiro atoms. The van der Waals surface area contributed by atoms with Crippen LogP contribution in [0.25, 0.3) is 0 Å². The maximum Gasteiger partial charge on any atom is 0.389 e. The van der Waals surface area contributed by atoms with E-state index < -0.39 is 24.9 Å². The number of amides is 1. The van der Waals surface area contributed by atoms with E-state index in [1.54, 1.807) is 24.3 Å². The van der Waals surface area contributed by atoms with Gasteiger partial charge in [-0.3, -0.25) is 4.79 Å². The van der Waals surface area contributed by atoms with Gasteiger partial charge in [0.2, 0.25) is 5.91 Å². The molecular formula is C11H11BrF3NO. The first-order valence-corrected chi connectivity index (χ1v) is 5.74. The number of hydrogen-bond donors (Lipinski definition) is 1. The summed E-state index contributed by atoms with van der Waals surface area (Å²) in [6.07, 6.45) is -5.89. The first kappa shape index (κ1) is 14.0. The fraction of sp³-hybridized carbons (Fsp3) is 0.364. The molecule has 0 aliphatic carbocycles. The molecule has 1 N–H and O–H groups in total. The third-order valence-corrected chi connectivity index (χ3v) is 2.57. The maximum absolute atomic E-state index is 11.8. The van der Waals surface area contributed by atoms with Gasteiger partial charge in [0, 0.05) is 17.4 Å². The standard InChI is InChI=1S/C11H11BrF3NO/c12-9-3-1-8(2-4-9)7-16-10(17)5-6-11(13,14)15/h1-4H,5-7H2,(H,16,17). The number of hydrogen-bond acceptors (Lipinski definition) is 1. The molecule has 0 aliphatic rings. The second-order valence-corrected chi connectivity index (χ2v) is 4.43. The summed E-state index contributed by atoms with van der Waals surface area (Å²) in [6, 6.07) is 7.18. The van der Waals surface area contributed by atoms with Crippen LogP contribution in [0, 0.1) is 0 Å². The molecule has 0 aromatic heterocycles. The molecule has 6 heteroatoms. The predicted octanol–water partition coefficient (Wildman–Crippen LogP) is 3.41. The molecule has 0 aliphatic heterocycles. The number of benzene rings is 1. The highest BCUT2D eigenvalue weighted by molar-refractivity contribution is 9.10. The third-order valence-electron chi connectivity index (χ3n) is 2.04. The van der Waals surface area contributed by atoms with Gasteiger partial charge in [-0.2, -0.15) is 13.2 Å². The summed E-state index contributed by atoms with van der Waals surface area (Å²) in [5.41, 5.74) is 0.841. The Labute approximate surface area is 105 Å². The summed E-state index contributed by atoms with van der Waals surface area (Å²) < 4.78 is 36.4. The molecule has 0 atom stereocenters. The topological polar surface area (TPSA) is 29.1 Å². The van der Waals surface area contributed by atoms with E-state index in [-0.39, 0.29) is 6.54 Å². The normalized spacial score (nSPS) is 11.3. The molecule has 1 aromatic carbocycles. The van der Waals surface area contributed by atoms with Crippen LogP contribution in [0.1, 0.15) is 18.4 Å². The molecule has 0 saturated carbocycles. The summed E-state index contributed by atoms with van der Waals surface area (Å²) in [5.74, 6) is -0.592. The summed E-state index contributed by atoms with van der Waals surface area (Å²) in [6.45, 7) is 0.240. The van der Waals surface area contributed by atoms with Crippen molar-refractivity contribution in [2.75, 3.05) is 0 Å². The van der Waals surface area contributed by atoms with E-state index in [4.69, 9.17) is 0 Å². The summed E-state index contributed by atoms with van der Waals surface area (Å²) in [7, 11) is 0. The summed E-state index contributed by atoms with van der Waals surface area (Å²) in [4.78, 5) is 11.1. The number of halogens is 4. The molecule has 94 valence electrons.